The number of carbonyl (C=O) groups is 1. The Hall–Kier alpha value is -3.18. The van der Waals surface area contributed by atoms with E-state index >= 15 is 0 Å². The van der Waals surface area contributed by atoms with Gasteiger partial charge in [-0.3, -0.25) is 33.5 Å². The molecule has 0 saturated heterocycles. The van der Waals surface area contributed by atoms with Crippen molar-refractivity contribution in [2.24, 2.45) is 11.7 Å². The van der Waals surface area contributed by atoms with Crippen LogP contribution in [0.1, 0.15) is 15.3 Å². The number of nitrogens with one attached hydrogen (secondary N) is 2. The molecule has 0 saturated carbocycles. The van der Waals surface area contributed by atoms with Crippen LogP contribution in [0.4, 0.5) is 11.9 Å². The number of imidazole rings is 2. The second kappa shape index (κ2) is 18.7. The topological polar surface area (TPSA) is 311 Å². The Labute approximate surface area is 284 Å². The third kappa shape index (κ3) is 10.7. The van der Waals surface area contributed by atoms with Crippen molar-refractivity contribution < 1.29 is 65.3 Å². The van der Waals surface area contributed by atoms with Crippen LogP contribution in [0.15, 0.2) is 22.2 Å². The molecule has 1 unspecified atom stereocenters. The molecule has 0 aliphatic heterocycles. The standard InChI is InChI=1S/C14H22N6O5.C9H13N5O4.ClH.Na.H/c1-7(2)9(15)13(23)24-4-8(3-21)25-6-20-5-17-10-11(20)18-14(16)19-12(10)22;10-9-12-7-6(8(17)13-9)11-3-14(7)4-18-5(1-15)2-16;;;/h5,7-9,21H,3-4,6,15H2,1-2H3,(H3,16,18,19,22);3,5,15-16H,1-2,4H2,(H3,10,12,13,17);1H;;/q;;;+1;-1/t8?,9-;;;;/m0..../s1. The number of aliphatic hydroxyl groups is 3. The third-order valence-corrected chi connectivity index (χ3v) is 5.90. The Bertz CT molecular complexity index is 1630. The normalized spacial score (nSPS) is 12.4. The minimum Gasteiger partial charge on any atom is -1.00 e. The molecule has 0 spiro atoms. The van der Waals surface area contributed by atoms with Gasteiger partial charge in [-0.1, -0.05) is 13.8 Å². The SMILES string of the molecule is CC(C)[C@H](N)C(=O)OCC(CO)OCn1cnc2c(=O)[nH]c(N)nc21.Cl.Nc1nc2c(ncn2COC(CO)CO)c(=O)[nH]1.[H-].[Na+]. The summed E-state index contributed by atoms with van der Waals surface area (Å²) in [6.45, 7) is 2.40. The van der Waals surface area contributed by atoms with Gasteiger partial charge in [0.2, 0.25) is 11.9 Å². The molecule has 0 radical (unpaired) electrons. The van der Waals surface area contributed by atoms with Crippen molar-refractivity contribution >= 4 is 52.6 Å². The predicted octanol–water partition coefficient (Wildman–Crippen LogP) is -5.87. The number of hydrogen-bond donors (Lipinski definition) is 8. The molecular weight excluding hydrogens is 633 g/mol. The van der Waals surface area contributed by atoms with Gasteiger partial charge < -0.3 is 48.2 Å². The molecule has 4 aromatic rings. The van der Waals surface area contributed by atoms with E-state index in [2.05, 4.69) is 29.9 Å². The van der Waals surface area contributed by atoms with Crippen LogP contribution >= 0.6 is 12.4 Å². The number of carbonyl (C=O) groups excluding carboxylic acids is 1. The molecule has 45 heavy (non-hydrogen) atoms. The van der Waals surface area contributed by atoms with Gasteiger partial charge >= 0.3 is 35.5 Å². The van der Waals surface area contributed by atoms with E-state index in [1.165, 1.54) is 21.8 Å². The number of halogens is 1. The molecule has 0 aliphatic rings. The van der Waals surface area contributed by atoms with Crippen molar-refractivity contribution in [3.8, 4) is 0 Å². The molecule has 4 aromatic heterocycles. The van der Waals surface area contributed by atoms with Crippen LogP contribution in [0.3, 0.4) is 0 Å². The maximum absolute atomic E-state index is 11.7. The summed E-state index contributed by atoms with van der Waals surface area (Å²) in [4.78, 5) is 55.3. The summed E-state index contributed by atoms with van der Waals surface area (Å²) in [6, 6.07) is -0.740. The summed E-state index contributed by atoms with van der Waals surface area (Å²) < 4.78 is 18.6. The molecule has 0 bridgehead atoms. The Balaban J connectivity index is 0.000000862. The number of esters is 1. The van der Waals surface area contributed by atoms with E-state index in [0.29, 0.717) is 0 Å². The molecule has 11 N–H and O–H groups in total. The van der Waals surface area contributed by atoms with Gasteiger partial charge in [-0.05, 0) is 5.92 Å². The molecule has 246 valence electrons. The van der Waals surface area contributed by atoms with Crippen LogP contribution in [0, 0.1) is 5.92 Å². The minimum absolute atomic E-state index is 0. The first-order chi connectivity index (χ1) is 20.5. The van der Waals surface area contributed by atoms with E-state index in [4.69, 9.17) is 41.6 Å². The molecule has 0 amide bonds. The van der Waals surface area contributed by atoms with Crippen molar-refractivity contribution in [2.75, 3.05) is 37.9 Å². The monoisotopic (exact) mass is 669 g/mol. The average molecular weight is 670 g/mol. The molecule has 4 heterocycles. The van der Waals surface area contributed by atoms with Crippen LogP contribution < -0.4 is 57.9 Å². The fraction of sp³-hybridized carbons (Fsp3) is 0.522. The molecule has 2 atom stereocenters. The summed E-state index contributed by atoms with van der Waals surface area (Å²) >= 11 is 0. The number of ether oxygens (including phenoxy) is 3. The number of hydrogen-bond acceptors (Lipinski definition) is 16. The molecule has 20 nitrogen and oxygen atoms in total. The summed E-state index contributed by atoms with van der Waals surface area (Å²) in [6.07, 6.45) is 1.28. The Morgan fingerprint density at radius 1 is 0.889 bits per heavy atom. The number of rotatable bonds is 13. The summed E-state index contributed by atoms with van der Waals surface area (Å²) in [5.41, 5.74) is 16.5. The number of nitrogens with zero attached hydrogens (tertiary/aromatic N) is 6. The number of nitrogens with two attached hydrogens (primary N) is 3. The van der Waals surface area contributed by atoms with E-state index in [1.807, 2.05) is 0 Å². The summed E-state index contributed by atoms with van der Waals surface area (Å²) in [5.74, 6) is -0.691. The van der Waals surface area contributed by atoms with Crippen LogP contribution in [0.5, 0.6) is 0 Å². The van der Waals surface area contributed by atoms with Gasteiger partial charge in [-0.25, -0.2) is 9.97 Å². The first kappa shape index (κ1) is 39.8. The van der Waals surface area contributed by atoms with Gasteiger partial charge in [0.1, 0.15) is 38.3 Å². The number of nitrogen functional groups attached to an aromatic ring is 2. The van der Waals surface area contributed by atoms with Gasteiger partial charge in [0.25, 0.3) is 11.1 Å². The zero-order valence-electron chi connectivity index (χ0n) is 25.8. The van der Waals surface area contributed by atoms with Gasteiger partial charge in [-0.2, -0.15) is 9.97 Å². The molecule has 22 heteroatoms. The third-order valence-electron chi connectivity index (χ3n) is 5.90. The number of anilines is 2. The van der Waals surface area contributed by atoms with E-state index < -0.39 is 35.3 Å². The molecule has 4 rings (SSSR count). The van der Waals surface area contributed by atoms with Crippen molar-refractivity contribution in [3.05, 3.63) is 33.4 Å². The molecular formula is C23H37ClN11NaO9. The largest absolute Gasteiger partial charge is 1.00 e. The Morgan fingerprint density at radius 2 is 1.31 bits per heavy atom. The van der Waals surface area contributed by atoms with Crippen LogP contribution in [0.2, 0.25) is 0 Å². The van der Waals surface area contributed by atoms with Crippen molar-refractivity contribution in [1.29, 1.82) is 0 Å². The summed E-state index contributed by atoms with van der Waals surface area (Å²) in [5, 5.41) is 27.1. The second-order valence-electron chi connectivity index (χ2n) is 9.46. The summed E-state index contributed by atoms with van der Waals surface area (Å²) in [7, 11) is 0. The van der Waals surface area contributed by atoms with E-state index in [-0.39, 0.29) is 123 Å². The van der Waals surface area contributed by atoms with Gasteiger partial charge in [0.05, 0.1) is 32.5 Å². The number of aromatic amines is 2. The maximum Gasteiger partial charge on any atom is 1.00 e. The van der Waals surface area contributed by atoms with Gasteiger partial charge in [0, 0.05) is 0 Å². The first-order valence-electron chi connectivity index (χ1n) is 12.9. The number of fused-ring (bicyclic) bond motifs is 2. The van der Waals surface area contributed by atoms with E-state index in [9.17, 15) is 19.5 Å². The van der Waals surface area contributed by atoms with Crippen molar-refractivity contribution in [2.45, 2.75) is 45.6 Å². The zero-order chi connectivity index (χ0) is 31.7. The fourth-order valence-electron chi connectivity index (χ4n) is 3.36. The zero-order valence-corrected chi connectivity index (χ0v) is 27.6. The second-order valence-corrected chi connectivity index (χ2v) is 9.46. The van der Waals surface area contributed by atoms with E-state index in [0.717, 1.165) is 0 Å². The van der Waals surface area contributed by atoms with Crippen LogP contribution in [-0.2, 0) is 32.5 Å². The maximum atomic E-state index is 11.7. The van der Waals surface area contributed by atoms with Gasteiger partial charge in [0.15, 0.2) is 22.3 Å². The number of aromatic nitrogens is 8. The smallest absolute Gasteiger partial charge is 1.00 e. The molecule has 0 aromatic carbocycles. The Kier molecular flexibility index (Phi) is 16.6. The number of H-pyrrole nitrogens is 2. The van der Waals surface area contributed by atoms with Crippen molar-refractivity contribution in [1.82, 2.24) is 39.0 Å². The van der Waals surface area contributed by atoms with Crippen molar-refractivity contribution in [3.63, 3.8) is 0 Å². The van der Waals surface area contributed by atoms with E-state index in [1.54, 1.807) is 13.8 Å². The molecule has 0 aliphatic carbocycles. The van der Waals surface area contributed by atoms with Crippen LogP contribution in [0.25, 0.3) is 22.3 Å². The van der Waals surface area contributed by atoms with Gasteiger partial charge in [-0.15, -0.1) is 12.4 Å². The predicted molar refractivity (Wildman–Crippen MR) is 158 cm³/mol. The number of aliphatic hydroxyl groups excluding tert-OH is 3. The fourth-order valence-corrected chi connectivity index (χ4v) is 3.36. The average Bonchev–Trinajstić information content (AvgIpc) is 3.57. The quantitative estimate of drug-likeness (QED) is 0.0485. The Morgan fingerprint density at radius 3 is 1.71 bits per heavy atom. The molecule has 0 fully saturated rings. The first-order valence-corrected chi connectivity index (χ1v) is 12.9. The van der Waals surface area contributed by atoms with Crippen LogP contribution in [-0.4, -0.2) is 105 Å². The minimum atomic E-state index is -0.764.